The van der Waals surface area contributed by atoms with Gasteiger partial charge in [-0.05, 0) is 43.2 Å². The zero-order chi connectivity index (χ0) is 23.4. The lowest BCUT2D eigenvalue weighted by Gasteiger charge is -2.31. The van der Waals surface area contributed by atoms with Gasteiger partial charge in [-0.3, -0.25) is 4.79 Å². The molecule has 1 aliphatic rings. The van der Waals surface area contributed by atoms with Gasteiger partial charge < -0.3 is 10.1 Å². The van der Waals surface area contributed by atoms with Gasteiger partial charge in [-0.1, -0.05) is 12.1 Å². The first-order valence-corrected chi connectivity index (χ1v) is 11.8. The summed E-state index contributed by atoms with van der Waals surface area (Å²) in [5.41, 5.74) is 0.510. The van der Waals surface area contributed by atoms with Crippen molar-refractivity contribution in [2.75, 3.05) is 25.5 Å². The lowest BCUT2D eigenvalue weighted by molar-refractivity contribution is -0.120. The molecule has 172 valence electrons. The van der Waals surface area contributed by atoms with Gasteiger partial charge in [0.05, 0.1) is 23.3 Å². The number of piperidine rings is 1. The van der Waals surface area contributed by atoms with E-state index in [2.05, 4.69) is 15.4 Å². The van der Waals surface area contributed by atoms with Crippen molar-refractivity contribution in [3.63, 3.8) is 0 Å². The Hall–Kier alpha value is -3.57. The number of nitrogens with one attached hydrogen (secondary N) is 1. The summed E-state index contributed by atoms with van der Waals surface area (Å²) in [4.78, 5) is 29.1. The average Bonchev–Trinajstić information content (AvgIpc) is 3.39. The number of benzene rings is 1. The highest BCUT2D eigenvalue weighted by Gasteiger charge is 2.34. The number of hydrogen-bond acceptors (Lipinski definition) is 7. The Kier molecular flexibility index (Phi) is 6.52. The summed E-state index contributed by atoms with van der Waals surface area (Å²) in [5.74, 6) is -0.787. The minimum Gasteiger partial charge on any atom is -0.465 e. The molecule has 0 bridgehead atoms. The molecular formula is C22H23N5O5S. The number of esters is 1. The highest BCUT2D eigenvalue weighted by molar-refractivity contribution is 7.89. The maximum Gasteiger partial charge on any atom is 0.339 e. The van der Waals surface area contributed by atoms with Gasteiger partial charge in [0.2, 0.25) is 15.9 Å². The highest BCUT2D eigenvalue weighted by atomic mass is 32.2. The van der Waals surface area contributed by atoms with Gasteiger partial charge in [0.15, 0.2) is 5.82 Å². The monoisotopic (exact) mass is 469 g/mol. The molecule has 0 aliphatic carbocycles. The third-order valence-electron chi connectivity index (χ3n) is 5.50. The normalized spacial score (nSPS) is 15.2. The minimum absolute atomic E-state index is 0.0115. The summed E-state index contributed by atoms with van der Waals surface area (Å²) < 4.78 is 33.9. The quantitative estimate of drug-likeness (QED) is 0.548. The van der Waals surface area contributed by atoms with Crippen molar-refractivity contribution in [1.29, 1.82) is 0 Å². The lowest BCUT2D eigenvalue weighted by Crippen LogP contribution is -2.41. The van der Waals surface area contributed by atoms with Crippen LogP contribution in [0.4, 0.5) is 5.69 Å². The van der Waals surface area contributed by atoms with E-state index in [1.165, 1.54) is 23.5 Å². The third kappa shape index (κ3) is 4.64. The van der Waals surface area contributed by atoms with Crippen LogP contribution in [0.2, 0.25) is 0 Å². The molecule has 1 amide bonds. The van der Waals surface area contributed by atoms with E-state index in [-0.39, 0.29) is 35.4 Å². The molecule has 1 aromatic carbocycles. The van der Waals surface area contributed by atoms with Crippen molar-refractivity contribution >= 4 is 27.6 Å². The number of hydrogen-bond donors (Lipinski definition) is 1. The summed E-state index contributed by atoms with van der Waals surface area (Å²) >= 11 is 0. The van der Waals surface area contributed by atoms with Crippen LogP contribution in [0.5, 0.6) is 0 Å². The second-order valence-corrected chi connectivity index (χ2v) is 9.39. The van der Waals surface area contributed by atoms with E-state index in [0.717, 1.165) is 0 Å². The van der Waals surface area contributed by atoms with Gasteiger partial charge >= 0.3 is 5.97 Å². The molecule has 0 atom stereocenters. The Morgan fingerprint density at radius 3 is 2.52 bits per heavy atom. The molecule has 11 heteroatoms. The molecule has 0 saturated carbocycles. The molecule has 1 N–H and O–H groups in total. The molecular weight excluding hydrogens is 446 g/mol. The van der Waals surface area contributed by atoms with Crippen LogP contribution in [0.15, 0.2) is 66.0 Å². The van der Waals surface area contributed by atoms with E-state index in [4.69, 9.17) is 4.74 Å². The maximum absolute atomic E-state index is 13.2. The standard InChI is InChI=1S/C22H23N5O5S/c1-32-22(29)17-6-2-3-8-19(17)33(30,31)26-14-9-16(10-15-26)21(28)25-18-7-4-11-23-20(18)27-13-5-12-24-27/h2-8,11-13,16H,9-10,14-15H2,1H3,(H,25,28). The van der Waals surface area contributed by atoms with Crippen LogP contribution < -0.4 is 5.32 Å². The molecule has 0 unspecified atom stereocenters. The summed E-state index contributed by atoms with van der Waals surface area (Å²) in [6.07, 6.45) is 5.66. The number of carbonyl (C=O) groups excluding carboxylic acids is 2. The molecule has 33 heavy (non-hydrogen) atoms. The second kappa shape index (κ2) is 9.51. The Morgan fingerprint density at radius 1 is 1.06 bits per heavy atom. The molecule has 3 heterocycles. The fourth-order valence-electron chi connectivity index (χ4n) is 3.77. The third-order valence-corrected chi connectivity index (χ3v) is 7.46. The fourth-order valence-corrected chi connectivity index (χ4v) is 5.42. The summed E-state index contributed by atoms with van der Waals surface area (Å²) in [6, 6.07) is 11.2. The van der Waals surface area contributed by atoms with Crippen molar-refractivity contribution in [3.05, 3.63) is 66.6 Å². The number of sulfonamides is 1. The van der Waals surface area contributed by atoms with E-state index in [1.54, 1.807) is 53.6 Å². The Bertz CT molecular complexity index is 1250. The number of ether oxygens (including phenoxy) is 1. The van der Waals surface area contributed by atoms with Crippen LogP contribution >= 0.6 is 0 Å². The Balaban J connectivity index is 1.45. The highest BCUT2D eigenvalue weighted by Crippen LogP contribution is 2.27. The molecule has 1 saturated heterocycles. The molecule has 0 radical (unpaired) electrons. The summed E-state index contributed by atoms with van der Waals surface area (Å²) in [6.45, 7) is 0.323. The van der Waals surface area contributed by atoms with Crippen LogP contribution in [0.25, 0.3) is 5.82 Å². The van der Waals surface area contributed by atoms with Gasteiger partial charge in [-0.25, -0.2) is 22.9 Å². The number of rotatable bonds is 6. The molecule has 1 fully saturated rings. The molecule has 10 nitrogen and oxygen atoms in total. The SMILES string of the molecule is COC(=O)c1ccccc1S(=O)(=O)N1CCC(C(=O)Nc2cccnc2-n2cccn2)CC1. The number of methoxy groups -OCH3 is 1. The predicted octanol–water partition coefficient (Wildman–Crippen LogP) is 2.09. The molecule has 4 rings (SSSR count). The average molecular weight is 470 g/mol. The maximum atomic E-state index is 13.2. The molecule has 2 aromatic heterocycles. The molecule has 0 spiro atoms. The lowest BCUT2D eigenvalue weighted by atomic mass is 9.97. The summed E-state index contributed by atoms with van der Waals surface area (Å²) in [7, 11) is -2.71. The number of nitrogens with zero attached hydrogens (tertiary/aromatic N) is 4. The number of carbonyl (C=O) groups is 2. The zero-order valence-electron chi connectivity index (χ0n) is 17.9. The van der Waals surface area contributed by atoms with Crippen LogP contribution in [0, 0.1) is 5.92 Å². The van der Waals surface area contributed by atoms with Crippen LogP contribution in [0.3, 0.4) is 0 Å². The fraction of sp³-hybridized carbons (Fsp3) is 0.273. The predicted molar refractivity (Wildman–Crippen MR) is 119 cm³/mol. The first kappa shape index (κ1) is 22.6. The minimum atomic E-state index is -3.91. The molecule has 3 aromatic rings. The van der Waals surface area contributed by atoms with Gasteiger partial charge in [0.25, 0.3) is 0 Å². The molecule has 1 aliphatic heterocycles. The van der Waals surface area contributed by atoms with E-state index in [1.807, 2.05) is 0 Å². The number of anilines is 1. The van der Waals surface area contributed by atoms with Gasteiger partial charge in [0.1, 0.15) is 0 Å². The number of pyridine rings is 1. The first-order valence-electron chi connectivity index (χ1n) is 10.3. The Morgan fingerprint density at radius 2 is 1.82 bits per heavy atom. The van der Waals surface area contributed by atoms with Gasteiger partial charge in [-0.15, -0.1) is 0 Å². The Labute approximate surface area is 191 Å². The van der Waals surface area contributed by atoms with Gasteiger partial charge in [-0.2, -0.15) is 9.40 Å². The van der Waals surface area contributed by atoms with Crippen LogP contribution in [-0.4, -0.2) is 59.6 Å². The van der Waals surface area contributed by atoms with Crippen molar-refractivity contribution in [2.45, 2.75) is 17.7 Å². The van der Waals surface area contributed by atoms with E-state index < -0.39 is 16.0 Å². The zero-order valence-corrected chi connectivity index (χ0v) is 18.7. The number of aromatic nitrogens is 3. The smallest absolute Gasteiger partial charge is 0.339 e. The van der Waals surface area contributed by atoms with Crippen LogP contribution in [-0.2, 0) is 19.6 Å². The van der Waals surface area contributed by atoms with Crippen LogP contribution in [0.1, 0.15) is 23.2 Å². The topological polar surface area (TPSA) is 123 Å². The second-order valence-electron chi connectivity index (χ2n) is 7.48. The van der Waals surface area contributed by atoms with E-state index >= 15 is 0 Å². The van der Waals surface area contributed by atoms with E-state index in [0.29, 0.717) is 24.3 Å². The van der Waals surface area contributed by atoms with Gasteiger partial charge in [0, 0.05) is 37.6 Å². The summed E-state index contributed by atoms with van der Waals surface area (Å²) in [5, 5.41) is 7.05. The largest absolute Gasteiger partial charge is 0.465 e. The van der Waals surface area contributed by atoms with Crippen molar-refractivity contribution < 1.29 is 22.7 Å². The first-order chi connectivity index (χ1) is 15.9. The van der Waals surface area contributed by atoms with Crippen molar-refractivity contribution in [3.8, 4) is 5.82 Å². The van der Waals surface area contributed by atoms with Crippen molar-refractivity contribution in [2.24, 2.45) is 5.92 Å². The van der Waals surface area contributed by atoms with E-state index in [9.17, 15) is 18.0 Å². The van der Waals surface area contributed by atoms with Crippen molar-refractivity contribution in [1.82, 2.24) is 19.1 Å². The number of amides is 1.